The topological polar surface area (TPSA) is 105 Å². The SMILES string of the molecule is CCNC(=NCc1cccc(OCC(N)=O)c1)NCCc1c[nH]c2ccc(F)cc12.I. The number of carbonyl (C=O) groups is 1. The van der Waals surface area contributed by atoms with E-state index in [2.05, 4.69) is 20.6 Å². The minimum Gasteiger partial charge on any atom is -0.484 e. The molecule has 0 bridgehead atoms. The quantitative estimate of drug-likeness (QED) is 0.191. The summed E-state index contributed by atoms with van der Waals surface area (Å²) in [7, 11) is 0. The first-order chi connectivity index (χ1) is 14.5. The van der Waals surface area contributed by atoms with Gasteiger partial charge in [0.1, 0.15) is 11.6 Å². The normalized spacial score (nSPS) is 11.1. The molecule has 2 aromatic carbocycles. The Morgan fingerprint density at radius 3 is 2.84 bits per heavy atom. The van der Waals surface area contributed by atoms with Crippen molar-refractivity contribution in [2.75, 3.05) is 19.7 Å². The molecule has 5 N–H and O–H groups in total. The van der Waals surface area contributed by atoms with Crippen LogP contribution < -0.4 is 21.1 Å². The minimum atomic E-state index is -0.519. The second kappa shape index (κ2) is 12.1. The average molecular weight is 539 g/mol. The summed E-state index contributed by atoms with van der Waals surface area (Å²) in [5.74, 6) is 0.501. The van der Waals surface area contributed by atoms with Crippen LogP contribution in [0.25, 0.3) is 10.9 Å². The first-order valence-electron chi connectivity index (χ1n) is 9.83. The molecule has 1 amide bonds. The van der Waals surface area contributed by atoms with Crippen LogP contribution in [0.2, 0.25) is 0 Å². The van der Waals surface area contributed by atoms with Crippen LogP contribution in [0.15, 0.2) is 53.7 Å². The highest BCUT2D eigenvalue weighted by Gasteiger charge is 2.06. The van der Waals surface area contributed by atoms with Crippen molar-refractivity contribution in [1.82, 2.24) is 15.6 Å². The number of nitrogens with zero attached hydrogens (tertiary/aromatic N) is 1. The Bertz CT molecular complexity index is 1040. The highest BCUT2D eigenvalue weighted by atomic mass is 127. The van der Waals surface area contributed by atoms with E-state index in [0.717, 1.165) is 35.0 Å². The van der Waals surface area contributed by atoms with Gasteiger partial charge in [-0.2, -0.15) is 0 Å². The highest BCUT2D eigenvalue weighted by molar-refractivity contribution is 14.0. The molecule has 0 saturated heterocycles. The number of guanidine groups is 1. The highest BCUT2D eigenvalue weighted by Crippen LogP contribution is 2.19. The maximum absolute atomic E-state index is 13.5. The molecule has 0 aliphatic heterocycles. The number of nitrogens with one attached hydrogen (secondary N) is 3. The van der Waals surface area contributed by atoms with Gasteiger partial charge in [-0.15, -0.1) is 24.0 Å². The van der Waals surface area contributed by atoms with Crippen molar-refractivity contribution < 1.29 is 13.9 Å². The Balaban J connectivity index is 0.00000341. The number of carbonyl (C=O) groups excluding carboxylic acids is 1. The Morgan fingerprint density at radius 1 is 1.23 bits per heavy atom. The van der Waals surface area contributed by atoms with E-state index in [4.69, 9.17) is 10.5 Å². The third-order valence-corrected chi connectivity index (χ3v) is 4.46. The second-order valence-electron chi connectivity index (χ2n) is 6.78. The van der Waals surface area contributed by atoms with Gasteiger partial charge in [0.15, 0.2) is 12.6 Å². The lowest BCUT2D eigenvalue weighted by atomic mass is 10.1. The summed E-state index contributed by atoms with van der Waals surface area (Å²) in [6, 6.07) is 12.1. The van der Waals surface area contributed by atoms with Crippen LogP contribution in [-0.4, -0.2) is 36.5 Å². The van der Waals surface area contributed by atoms with Crippen LogP contribution in [0.1, 0.15) is 18.1 Å². The molecule has 7 nitrogen and oxygen atoms in total. The van der Waals surface area contributed by atoms with E-state index in [0.29, 0.717) is 24.8 Å². The number of fused-ring (bicyclic) bond motifs is 1. The average Bonchev–Trinajstić information content (AvgIpc) is 3.13. The predicted octanol–water partition coefficient (Wildman–Crippen LogP) is 3.09. The molecule has 31 heavy (non-hydrogen) atoms. The summed E-state index contributed by atoms with van der Waals surface area (Å²) >= 11 is 0. The van der Waals surface area contributed by atoms with E-state index in [1.807, 2.05) is 31.3 Å². The fourth-order valence-electron chi connectivity index (χ4n) is 3.07. The van der Waals surface area contributed by atoms with Gasteiger partial charge in [-0.3, -0.25) is 4.79 Å². The maximum atomic E-state index is 13.5. The molecule has 1 aromatic heterocycles. The number of rotatable bonds is 9. The minimum absolute atomic E-state index is 0. The van der Waals surface area contributed by atoms with E-state index in [1.54, 1.807) is 18.2 Å². The van der Waals surface area contributed by atoms with Crippen molar-refractivity contribution in [3.8, 4) is 5.75 Å². The lowest BCUT2D eigenvalue weighted by Gasteiger charge is -2.11. The van der Waals surface area contributed by atoms with Crippen LogP contribution in [0.4, 0.5) is 4.39 Å². The van der Waals surface area contributed by atoms with Gasteiger partial charge in [-0.1, -0.05) is 12.1 Å². The van der Waals surface area contributed by atoms with Crippen molar-refractivity contribution in [2.24, 2.45) is 10.7 Å². The van der Waals surface area contributed by atoms with Gasteiger partial charge in [0.05, 0.1) is 6.54 Å². The van der Waals surface area contributed by atoms with E-state index in [-0.39, 0.29) is 36.4 Å². The summed E-state index contributed by atoms with van der Waals surface area (Å²) in [6.07, 6.45) is 2.64. The smallest absolute Gasteiger partial charge is 0.255 e. The number of aromatic nitrogens is 1. The third-order valence-electron chi connectivity index (χ3n) is 4.46. The van der Waals surface area contributed by atoms with Gasteiger partial charge in [0.25, 0.3) is 5.91 Å². The molecule has 0 saturated carbocycles. The molecule has 3 aromatic rings. The predicted molar refractivity (Wildman–Crippen MR) is 131 cm³/mol. The molecule has 0 atom stereocenters. The summed E-state index contributed by atoms with van der Waals surface area (Å²) in [5, 5.41) is 7.41. The third kappa shape index (κ3) is 7.42. The van der Waals surface area contributed by atoms with E-state index < -0.39 is 5.91 Å². The lowest BCUT2D eigenvalue weighted by molar-refractivity contribution is -0.119. The number of nitrogens with two attached hydrogens (primary N) is 1. The van der Waals surface area contributed by atoms with Gasteiger partial charge < -0.3 is 26.1 Å². The first-order valence-corrected chi connectivity index (χ1v) is 9.83. The molecular formula is C22H27FIN5O2. The Morgan fingerprint density at radius 2 is 2.06 bits per heavy atom. The maximum Gasteiger partial charge on any atom is 0.255 e. The lowest BCUT2D eigenvalue weighted by Crippen LogP contribution is -2.38. The second-order valence-corrected chi connectivity index (χ2v) is 6.78. The summed E-state index contributed by atoms with van der Waals surface area (Å²) in [6.45, 7) is 3.66. The van der Waals surface area contributed by atoms with E-state index in [9.17, 15) is 9.18 Å². The van der Waals surface area contributed by atoms with Crippen molar-refractivity contribution in [1.29, 1.82) is 0 Å². The number of aromatic amines is 1. The molecule has 0 aliphatic rings. The molecule has 0 unspecified atom stereocenters. The monoisotopic (exact) mass is 539 g/mol. The largest absolute Gasteiger partial charge is 0.484 e. The number of H-pyrrole nitrogens is 1. The van der Waals surface area contributed by atoms with Crippen LogP contribution in [0.5, 0.6) is 5.75 Å². The van der Waals surface area contributed by atoms with Crippen LogP contribution >= 0.6 is 24.0 Å². The van der Waals surface area contributed by atoms with Crippen molar-refractivity contribution in [3.63, 3.8) is 0 Å². The molecule has 1 heterocycles. The van der Waals surface area contributed by atoms with Gasteiger partial charge in [-0.05, 0) is 54.8 Å². The zero-order valence-electron chi connectivity index (χ0n) is 17.3. The van der Waals surface area contributed by atoms with Gasteiger partial charge >= 0.3 is 0 Å². The van der Waals surface area contributed by atoms with E-state index >= 15 is 0 Å². The molecule has 3 rings (SSSR count). The number of benzene rings is 2. The molecule has 0 aliphatic carbocycles. The number of halogens is 2. The van der Waals surface area contributed by atoms with Crippen LogP contribution in [0, 0.1) is 5.82 Å². The van der Waals surface area contributed by atoms with Gasteiger partial charge in [-0.25, -0.2) is 9.38 Å². The summed E-state index contributed by atoms with van der Waals surface area (Å²) in [4.78, 5) is 18.6. The molecule has 166 valence electrons. The number of amides is 1. The summed E-state index contributed by atoms with van der Waals surface area (Å²) in [5.41, 5.74) is 8.02. The number of ether oxygens (including phenoxy) is 1. The first kappa shape index (κ1) is 24.4. The summed E-state index contributed by atoms with van der Waals surface area (Å²) < 4.78 is 18.9. The zero-order chi connectivity index (χ0) is 21.3. The van der Waals surface area contributed by atoms with Crippen molar-refractivity contribution in [3.05, 3.63) is 65.6 Å². The van der Waals surface area contributed by atoms with Gasteiger partial charge in [0.2, 0.25) is 0 Å². The Labute approximate surface area is 197 Å². The van der Waals surface area contributed by atoms with Crippen LogP contribution in [0.3, 0.4) is 0 Å². The fourth-order valence-corrected chi connectivity index (χ4v) is 3.07. The number of hydrogen-bond acceptors (Lipinski definition) is 3. The number of aliphatic imine (C=N–C) groups is 1. The molecule has 0 radical (unpaired) electrons. The molecular weight excluding hydrogens is 512 g/mol. The molecule has 9 heteroatoms. The fraction of sp³-hybridized carbons (Fsp3) is 0.273. The van der Waals surface area contributed by atoms with Crippen molar-refractivity contribution >= 4 is 46.7 Å². The Hall–Kier alpha value is -2.82. The van der Waals surface area contributed by atoms with Crippen LogP contribution in [-0.2, 0) is 17.8 Å². The number of hydrogen-bond donors (Lipinski definition) is 4. The Kier molecular flexibility index (Phi) is 9.57. The molecule has 0 spiro atoms. The zero-order valence-corrected chi connectivity index (χ0v) is 19.6. The molecule has 0 fully saturated rings. The standard InChI is InChI=1S/C22H26FN5O2.HI/c1-2-25-22(28-12-15-4-3-5-18(10-15)30-14-21(24)29)26-9-8-16-13-27-20-7-6-17(23)11-19(16)20;/h3-7,10-11,13,27H,2,8-9,12,14H2,1H3,(H2,24,29)(H2,25,26,28);1H. The van der Waals surface area contributed by atoms with E-state index in [1.165, 1.54) is 6.07 Å². The van der Waals surface area contributed by atoms with Gasteiger partial charge in [0, 0.05) is 30.2 Å². The number of primary amides is 1. The van der Waals surface area contributed by atoms with Crippen molar-refractivity contribution in [2.45, 2.75) is 19.9 Å².